The molecule has 2 aromatic carbocycles. The van der Waals surface area contributed by atoms with E-state index in [1.165, 1.54) is 0 Å². The summed E-state index contributed by atoms with van der Waals surface area (Å²) in [7, 11) is 0. The van der Waals surface area contributed by atoms with Gasteiger partial charge in [0.05, 0.1) is 22.3 Å². The van der Waals surface area contributed by atoms with Gasteiger partial charge >= 0.3 is 0 Å². The lowest BCUT2D eigenvalue weighted by atomic mass is 10.1. The van der Waals surface area contributed by atoms with Crippen LogP contribution in [0.15, 0.2) is 49.0 Å². The zero-order chi connectivity index (χ0) is 13.8. The summed E-state index contributed by atoms with van der Waals surface area (Å²) in [5.74, 6) is 0. The quantitative estimate of drug-likeness (QED) is 0.883. The first kappa shape index (κ1) is 13.2. The van der Waals surface area contributed by atoms with Crippen molar-refractivity contribution < 1.29 is 0 Å². The molecule has 0 unspecified atom stereocenters. The number of hydrogen-bond acceptors (Lipinski definition) is 2. The van der Waals surface area contributed by atoms with Crippen LogP contribution in [0.3, 0.4) is 0 Å². The van der Waals surface area contributed by atoms with Crippen LogP contribution < -0.4 is 5.32 Å². The van der Waals surface area contributed by atoms with Crippen molar-refractivity contribution in [2.45, 2.75) is 6.92 Å². The number of halogens is 1. The molecule has 0 spiro atoms. The molecule has 0 aromatic heterocycles. The lowest BCUT2D eigenvalue weighted by molar-refractivity contribution is 1.45. The highest BCUT2D eigenvalue weighted by atomic mass is 35.5. The summed E-state index contributed by atoms with van der Waals surface area (Å²) in [6.45, 7) is 5.98. The van der Waals surface area contributed by atoms with Gasteiger partial charge in [0.2, 0.25) is 0 Å². The van der Waals surface area contributed by atoms with Crippen molar-refractivity contribution in [2.75, 3.05) is 5.32 Å². The molecule has 0 aliphatic heterocycles. The molecule has 3 heteroatoms. The first-order valence-corrected chi connectivity index (χ1v) is 6.20. The molecule has 0 bridgehead atoms. The molecule has 0 saturated carbocycles. The maximum atomic E-state index is 8.76. The molecule has 0 atom stereocenters. The van der Waals surface area contributed by atoms with E-state index in [4.69, 9.17) is 16.9 Å². The lowest BCUT2D eigenvalue weighted by Gasteiger charge is -2.12. The Morgan fingerprint density at radius 2 is 1.89 bits per heavy atom. The Balaban J connectivity index is 2.18. The van der Waals surface area contributed by atoms with E-state index >= 15 is 0 Å². The predicted octanol–water partition coefficient (Wildman–Crippen LogP) is 4.60. The Labute approximate surface area is 118 Å². The Hall–Kier alpha value is -2.24. The molecule has 2 nitrogen and oxygen atoms in total. The van der Waals surface area contributed by atoms with Crippen molar-refractivity contribution in [3.63, 3.8) is 0 Å². The molecule has 94 valence electrons. The maximum Gasteiger partial charge on any atom is 0.0991 e. The van der Waals surface area contributed by atoms with Crippen molar-refractivity contribution in [3.05, 3.63) is 70.8 Å². The number of nitrogens with one attached hydrogen (secondary N) is 1. The van der Waals surface area contributed by atoms with Gasteiger partial charge in [-0.2, -0.15) is 5.26 Å². The average molecular weight is 269 g/mol. The minimum Gasteiger partial charge on any atom is -0.354 e. The van der Waals surface area contributed by atoms with E-state index in [2.05, 4.69) is 18.0 Å². The number of aryl methyl sites for hydroxylation is 1. The SMILES string of the molecule is C=C(Nc1ccc(C)cc1Cl)c1ccc(C#N)cc1. The first-order chi connectivity index (χ1) is 9.10. The van der Waals surface area contributed by atoms with Crippen molar-refractivity contribution in [1.29, 1.82) is 5.26 Å². The van der Waals surface area contributed by atoms with Gasteiger partial charge in [0, 0.05) is 5.70 Å². The molecule has 19 heavy (non-hydrogen) atoms. The van der Waals surface area contributed by atoms with Gasteiger partial charge < -0.3 is 5.32 Å². The second-order valence-electron chi connectivity index (χ2n) is 4.28. The third-order valence-electron chi connectivity index (χ3n) is 2.77. The van der Waals surface area contributed by atoms with Gasteiger partial charge in [0.25, 0.3) is 0 Å². The third kappa shape index (κ3) is 3.15. The zero-order valence-corrected chi connectivity index (χ0v) is 11.3. The number of rotatable bonds is 3. The van der Waals surface area contributed by atoms with Gasteiger partial charge in [0.15, 0.2) is 0 Å². The van der Waals surface area contributed by atoms with Gasteiger partial charge in [-0.3, -0.25) is 0 Å². The van der Waals surface area contributed by atoms with E-state index in [1.54, 1.807) is 12.1 Å². The van der Waals surface area contributed by atoms with Gasteiger partial charge in [-0.05, 0) is 42.3 Å². The fraction of sp³-hybridized carbons (Fsp3) is 0.0625. The second-order valence-corrected chi connectivity index (χ2v) is 4.68. The summed E-state index contributed by atoms with van der Waals surface area (Å²) in [5, 5.41) is 12.6. The number of nitriles is 1. The highest BCUT2D eigenvalue weighted by molar-refractivity contribution is 6.33. The van der Waals surface area contributed by atoms with Crippen LogP contribution in [0.4, 0.5) is 5.69 Å². The highest BCUT2D eigenvalue weighted by Crippen LogP contribution is 2.26. The van der Waals surface area contributed by atoms with Crippen LogP contribution in [0.1, 0.15) is 16.7 Å². The molecule has 1 N–H and O–H groups in total. The summed E-state index contributed by atoms with van der Waals surface area (Å²) in [6, 6.07) is 15.1. The molecule has 0 amide bonds. The first-order valence-electron chi connectivity index (χ1n) is 5.83. The van der Waals surface area contributed by atoms with Gasteiger partial charge in [0.1, 0.15) is 0 Å². The Bertz CT molecular complexity index is 651. The van der Waals surface area contributed by atoms with Gasteiger partial charge in [-0.15, -0.1) is 0 Å². The van der Waals surface area contributed by atoms with Crippen molar-refractivity contribution in [3.8, 4) is 6.07 Å². The van der Waals surface area contributed by atoms with E-state index in [1.807, 2.05) is 37.3 Å². The Kier molecular flexibility index (Phi) is 3.89. The summed E-state index contributed by atoms with van der Waals surface area (Å²) >= 11 is 6.16. The number of benzene rings is 2. The Morgan fingerprint density at radius 1 is 1.21 bits per heavy atom. The summed E-state index contributed by atoms with van der Waals surface area (Å²) < 4.78 is 0. The van der Waals surface area contributed by atoms with Crippen LogP contribution in [-0.2, 0) is 0 Å². The van der Waals surface area contributed by atoms with Crippen LogP contribution in [0.2, 0.25) is 5.02 Å². The van der Waals surface area contributed by atoms with Crippen LogP contribution in [0.25, 0.3) is 5.70 Å². The smallest absolute Gasteiger partial charge is 0.0991 e. The largest absolute Gasteiger partial charge is 0.354 e. The molecule has 0 saturated heterocycles. The highest BCUT2D eigenvalue weighted by Gasteiger charge is 2.03. The van der Waals surface area contributed by atoms with Crippen molar-refractivity contribution in [2.24, 2.45) is 0 Å². The fourth-order valence-electron chi connectivity index (χ4n) is 1.70. The summed E-state index contributed by atoms with van der Waals surface area (Å²) in [5.41, 5.74) is 4.23. The van der Waals surface area contributed by atoms with E-state index in [0.717, 1.165) is 22.5 Å². The van der Waals surface area contributed by atoms with Crippen LogP contribution in [0.5, 0.6) is 0 Å². The fourth-order valence-corrected chi connectivity index (χ4v) is 1.98. The van der Waals surface area contributed by atoms with Crippen LogP contribution in [0, 0.1) is 18.3 Å². The lowest BCUT2D eigenvalue weighted by Crippen LogP contribution is -1.98. The number of anilines is 1. The number of hydrogen-bond donors (Lipinski definition) is 1. The van der Waals surface area contributed by atoms with Crippen molar-refractivity contribution >= 4 is 23.0 Å². The van der Waals surface area contributed by atoms with Crippen LogP contribution >= 0.6 is 11.6 Å². The average Bonchev–Trinajstić information content (AvgIpc) is 2.42. The molecule has 2 aromatic rings. The topological polar surface area (TPSA) is 35.8 Å². The molecule has 0 radical (unpaired) electrons. The molecular formula is C16H13ClN2. The third-order valence-corrected chi connectivity index (χ3v) is 3.09. The molecule has 0 fully saturated rings. The monoisotopic (exact) mass is 268 g/mol. The minimum absolute atomic E-state index is 0.630. The number of nitrogens with zero attached hydrogens (tertiary/aromatic N) is 1. The van der Waals surface area contributed by atoms with E-state index < -0.39 is 0 Å². The minimum atomic E-state index is 0.630. The van der Waals surface area contributed by atoms with E-state index in [-0.39, 0.29) is 0 Å². The molecule has 0 aliphatic rings. The summed E-state index contributed by atoms with van der Waals surface area (Å²) in [6.07, 6.45) is 0. The second kappa shape index (κ2) is 5.60. The van der Waals surface area contributed by atoms with Crippen LogP contribution in [-0.4, -0.2) is 0 Å². The predicted molar refractivity (Wildman–Crippen MR) is 80.0 cm³/mol. The zero-order valence-electron chi connectivity index (χ0n) is 10.6. The summed E-state index contributed by atoms with van der Waals surface area (Å²) in [4.78, 5) is 0. The standard InChI is InChI=1S/C16H13ClN2/c1-11-3-8-16(15(17)9-11)19-12(2)14-6-4-13(10-18)5-7-14/h3-9,19H,2H2,1H3. The van der Waals surface area contributed by atoms with E-state index in [9.17, 15) is 0 Å². The van der Waals surface area contributed by atoms with Gasteiger partial charge in [-0.25, -0.2) is 0 Å². The molecule has 2 rings (SSSR count). The maximum absolute atomic E-state index is 8.76. The molecular weight excluding hydrogens is 256 g/mol. The molecule has 0 heterocycles. The molecule has 0 aliphatic carbocycles. The Morgan fingerprint density at radius 3 is 2.47 bits per heavy atom. The normalized spacial score (nSPS) is 9.74. The van der Waals surface area contributed by atoms with Gasteiger partial charge in [-0.1, -0.05) is 36.4 Å². The van der Waals surface area contributed by atoms with E-state index in [0.29, 0.717) is 10.6 Å². The van der Waals surface area contributed by atoms with Crippen molar-refractivity contribution in [1.82, 2.24) is 0 Å².